The Morgan fingerprint density at radius 2 is 1.10 bits per heavy atom. The van der Waals surface area contributed by atoms with E-state index in [4.69, 9.17) is 4.12 Å². The first-order valence-corrected chi connectivity index (χ1v) is 14.5. The van der Waals surface area contributed by atoms with Crippen molar-refractivity contribution in [2.45, 2.75) is 83.2 Å². The molecule has 0 aromatic rings. The smallest absolute Gasteiger partial charge is 0.173 e. The minimum absolute atomic E-state index is 1.15. The highest BCUT2D eigenvalue weighted by Crippen LogP contribution is 2.25. The fourth-order valence-corrected chi connectivity index (χ4v) is 11.7. The first-order valence-electron chi connectivity index (χ1n) is 8.25. The van der Waals surface area contributed by atoms with Crippen molar-refractivity contribution in [3.63, 3.8) is 0 Å². The third-order valence-electron chi connectivity index (χ3n) is 3.68. The van der Waals surface area contributed by atoms with E-state index in [1.807, 2.05) is 12.2 Å². The minimum Gasteiger partial charge on any atom is -0.455 e. The normalized spacial score (nSPS) is 12.4. The molecule has 0 amide bonds. The Balaban J connectivity index is 3.94. The molecule has 0 aliphatic carbocycles. The molecule has 0 spiro atoms. The Morgan fingerprint density at radius 3 is 1.55 bits per heavy atom. The average Bonchev–Trinajstić information content (AvgIpc) is 2.33. The van der Waals surface area contributed by atoms with E-state index < -0.39 is 16.6 Å². The van der Waals surface area contributed by atoms with Crippen LogP contribution in [-0.2, 0) is 4.12 Å². The summed E-state index contributed by atoms with van der Waals surface area (Å²) < 4.78 is 6.64. The maximum absolute atomic E-state index is 6.64. The van der Waals surface area contributed by atoms with Crippen LogP contribution in [0.5, 0.6) is 0 Å². The Kier molecular flexibility index (Phi) is 10.5. The van der Waals surface area contributed by atoms with Gasteiger partial charge in [-0.15, -0.1) is 13.2 Å². The summed E-state index contributed by atoms with van der Waals surface area (Å²) in [5, 5.41) is 0. The Bertz CT molecular complexity index is 272. The number of hydrogen-bond donors (Lipinski definition) is 0. The summed E-state index contributed by atoms with van der Waals surface area (Å²) in [7, 11) is -2.90. The lowest BCUT2D eigenvalue weighted by atomic mass is 10.2. The van der Waals surface area contributed by atoms with Crippen LogP contribution in [0.15, 0.2) is 25.3 Å². The van der Waals surface area contributed by atoms with E-state index in [0.717, 1.165) is 12.8 Å². The molecular weight excluding hydrogens is 276 g/mol. The van der Waals surface area contributed by atoms with Crippen molar-refractivity contribution >= 4 is 16.6 Å². The molecule has 1 nitrogen and oxygen atoms in total. The molecule has 0 aromatic heterocycles. The summed E-state index contributed by atoms with van der Waals surface area (Å²) in [4.78, 5) is 0. The van der Waals surface area contributed by atoms with E-state index in [1.54, 1.807) is 0 Å². The fourth-order valence-electron chi connectivity index (χ4n) is 2.71. The van der Waals surface area contributed by atoms with Crippen molar-refractivity contribution in [2.24, 2.45) is 0 Å². The summed E-state index contributed by atoms with van der Waals surface area (Å²) >= 11 is 0. The predicted molar refractivity (Wildman–Crippen MR) is 98.4 cm³/mol. The molecule has 0 aliphatic heterocycles. The predicted octanol–water partition coefficient (Wildman–Crippen LogP) is 6.52. The van der Waals surface area contributed by atoms with Crippen LogP contribution in [-0.4, -0.2) is 16.6 Å². The quantitative estimate of drug-likeness (QED) is 0.214. The third-order valence-corrected chi connectivity index (χ3v) is 11.2. The standard InChI is InChI=1S/C17H36OSi2/c1-7-9-11-13-15-17-20(5,6)18-19(3,4)16-14-12-10-8-2/h7-8H,1-2,9-17H2,3-6H3. The second-order valence-corrected chi connectivity index (χ2v) is 15.9. The van der Waals surface area contributed by atoms with E-state index in [0.29, 0.717) is 0 Å². The fraction of sp³-hybridized carbons (Fsp3) is 0.765. The lowest BCUT2D eigenvalue weighted by Crippen LogP contribution is -2.44. The molecule has 0 saturated heterocycles. The zero-order chi connectivity index (χ0) is 15.5. The van der Waals surface area contributed by atoms with E-state index in [-0.39, 0.29) is 0 Å². The van der Waals surface area contributed by atoms with Crippen molar-refractivity contribution in [1.82, 2.24) is 0 Å². The molecule has 0 aromatic carbocycles. The highest BCUT2D eigenvalue weighted by Gasteiger charge is 2.31. The van der Waals surface area contributed by atoms with Gasteiger partial charge < -0.3 is 4.12 Å². The zero-order valence-electron chi connectivity index (χ0n) is 14.3. The van der Waals surface area contributed by atoms with Crippen LogP contribution < -0.4 is 0 Å². The summed E-state index contributed by atoms with van der Waals surface area (Å²) in [5.41, 5.74) is 0. The Labute approximate surface area is 129 Å². The van der Waals surface area contributed by atoms with Gasteiger partial charge in [0.05, 0.1) is 0 Å². The van der Waals surface area contributed by atoms with Crippen LogP contribution >= 0.6 is 0 Å². The van der Waals surface area contributed by atoms with E-state index in [2.05, 4.69) is 39.3 Å². The van der Waals surface area contributed by atoms with Crippen LogP contribution in [0.4, 0.5) is 0 Å². The second kappa shape index (κ2) is 10.6. The maximum Gasteiger partial charge on any atom is 0.173 e. The first kappa shape index (κ1) is 19.9. The second-order valence-electron chi connectivity index (χ2n) is 7.04. The van der Waals surface area contributed by atoms with E-state index in [9.17, 15) is 0 Å². The van der Waals surface area contributed by atoms with Gasteiger partial charge in [-0.3, -0.25) is 0 Å². The molecule has 0 radical (unpaired) electrons. The summed E-state index contributed by atoms with van der Waals surface area (Å²) in [5.74, 6) is 0. The molecule has 0 saturated carbocycles. The molecule has 0 atom stereocenters. The number of allylic oxidation sites excluding steroid dienone is 2. The van der Waals surface area contributed by atoms with Gasteiger partial charge in [0.25, 0.3) is 0 Å². The Hall–Kier alpha value is -0.126. The van der Waals surface area contributed by atoms with Crippen molar-refractivity contribution in [1.29, 1.82) is 0 Å². The van der Waals surface area contributed by atoms with Crippen LogP contribution in [0.2, 0.25) is 38.3 Å². The zero-order valence-corrected chi connectivity index (χ0v) is 16.3. The van der Waals surface area contributed by atoms with Gasteiger partial charge in [-0.05, 0) is 57.5 Å². The van der Waals surface area contributed by atoms with Gasteiger partial charge >= 0.3 is 0 Å². The molecule has 0 unspecified atom stereocenters. The lowest BCUT2D eigenvalue weighted by molar-refractivity contribution is 0.525. The van der Waals surface area contributed by atoms with Gasteiger partial charge in [0, 0.05) is 0 Å². The highest BCUT2D eigenvalue weighted by atomic mass is 28.4. The SMILES string of the molecule is C=CCCCCC[Si](C)(C)O[Si](C)(C)CCCCC=C. The summed E-state index contributed by atoms with van der Waals surface area (Å²) in [6.45, 7) is 17.2. The number of unbranched alkanes of at least 4 members (excludes halogenated alkanes) is 5. The van der Waals surface area contributed by atoms with Crippen molar-refractivity contribution in [3.05, 3.63) is 25.3 Å². The van der Waals surface area contributed by atoms with Gasteiger partial charge in [0.15, 0.2) is 16.6 Å². The van der Waals surface area contributed by atoms with Gasteiger partial charge in [0.1, 0.15) is 0 Å². The molecule has 0 aliphatic rings. The van der Waals surface area contributed by atoms with Crippen LogP contribution in [0.1, 0.15) is 44.9 Å². The monoisotopic (exact) mass is 312 g/mol. The molecular formula is C17H36OSi2. The molecule has 0 fully saturated rings. The topological polar surface area (TPSA) is 9.23 Å². The Morgan fingerprint density at radius 1 is 0.700 bits per heavy atom. The molecule has 3 heteroatoms. The van der Waals surface area contributed by atoms with Gasteiger partial charge in [-0.2, -0.15) is 0 Å². The molecule has 20 heavy (non-hydrogen) atoms. The van der Waals surface area contributed by atoms with Crippen molar-refractivity contribution < 1.29 is 4.12 Å². The van der Waals surface area contributed by atoms with Gasteiger partial charge in [-0.1, -0.05) is 37.8 Å². The largest absolute Gasteiger partial charge is 0.455 e. The van der Waals surface area contributed by atoms with Crippen molar-refractivity contribution in [3.8, 4) is 0 Å². The van der Waals surface area contributed by atoms with E-state index >= 15 is 0 Å². The maximum atomic E-state index is 6.64. The molecule has 0 N–H and O–H groups in total. The van der Waals surface area contributed by atoms with Gasteiger partial charge in [-0.25, -0.2) is 0 Å². The molecule has 0 rings (SSSR count). The average molecular weight is 313 g/mol. The summed E-state index contributed by atoms with van der Waals surface area (Å²) in [6, 6.07) is 2.61. The van der Waals surface area contributed by atoms with Crippen LogP contribution in [0.3, 0.4) is 0 Å². The molecule has 0 bridgehead atoms. The highest BCUT2D eigenvalue weighted by molar-refractivity contribution is 6.84. The van der Waals surface area contributed by atoms with Crippen molar-refractivity contribution in [2.75, 3.05) is 0 Å². The third kappa shape index (κ3) is 11.7. The first-order chi connectivity index (χ1) is 9.33. The van der Waals surface area contributed by atoms with Gasteiger partial charge in [0.2, 0.25) is 0 Å². The molecule has 0 heterocycles. The van der Waals surface area contributed by atoms with E-state index in [1.165, 1.54) is 44.2 Å². The number of hydrogen-bond acceptors (Lipinski definition) is 1. The molecule has 118 valence electrons. The number of rotatable bonds is 13. The summed E-state index contributed by atoms with van der Waals surface area (Å²) in [6.07, 6.45) is 12.9. The van der Waals surface area contributed by atoms with Crippen LogP contribution in [0.25, 0.3) is 0 Å². The van der Waals surface area contributed by atoms with Crippen LogP contribution in [0, 0.1) is 0 Å². The lowest BCUT2D eigenvalue weighted by Gasteiger charge is -2.34. The minimum atomic E-state index is -1.45.